The molecule has 4 rings (SSSR count). The lowest BCUT2D eigenvalue weighted by Crippen LogP contribution is -2.30. The Hall–Kier alpha value is -2.48. The van der Waals surface area contributed by atoms with Gasteiger partial charge in [0.2, 0.25) is 0 Å². The van der Waals surface area contributed by atoms with Crippen molar-refractivity contribution in [2.45, 2.75) is 19.5 Å². The van der Waals surface area contributed by atoms with Crippen molar-refractivity contribution in [1.82, 2.24) is 9.88 Å². The molecular weight excluding hydrogens is 413 g/mol. The van der Waals surface area contributed by atoms with E-state index in [9.17, 15) is 9.18 Å². The molecule has 0 bridgehead atoms. The van der Waals surface area contributed by atoms with Crippen molar-refractivity contribution in [3.05, 3.63) is 76.5 Å². The van der Waals surface area contributed by atoms with Crippen molar-refractivity contribution >= 4 is 34.8 Å². The highest BCUT2D eigenvalue weighted by molar-refractivity contribution is 7.13. The van der Waals surface area contributed by atoms with Crippen molar-refractivity contribution in [1.29, 1.82) is 0 Å². The Balaban J connectivity index is 0.00000240. The first-order valence-electron chi connectivity index (χ1n) is 9.07. The zero-order valence-electron chi connectivity index (χ0n) is 15.6. The monoisotopic (exact) mass is 433 g/mol. The third-order valence-electron chi connectivity index (χ3n) is 4.58. The second kappa shape index (κ2) is 9.82. The smallest absolute Gasteiger partial charge is 0.264 e. The van der Waals surface area contributed by atoms with Crippen LogP contribution in [-0.4, -0.2) is 28.9 Å². The highest BCUT2D eigenvalue weighted by atomic mass is 35.5. The Morgan fingerprint density at radius 3 is 2.72 bits per heavy atom. The van der Waals surface area contributed by atoms with Gasteiger partial charge in [-0.05, 0) is 41.8 Å². The van der Waals surface area contributed by atoms with Gasteiger partial charge in [-0.2, -0.15) is 0 Å². The number of hydrogen-bond acceptors (Lipinski definition) is 5. The van der Waals surface area contributed by atoms with Crippen molar-refractivity contribution in [2.24, 2.45) is 0 Å². The quantitative estimate of drug-likeness (QED) is 0.630. The molecule has 0 saturated carbocycles. The van der Waals surface area contributed by atoms with Crippen LogP contribution in [0.1, 0.15) is 16.8 Å². The second-order valence-corrected chi connectivity index (χ2v) is 7.52. The Morgan fingerprint density at radius 2 is 1.93 bits per heavy atom. The summed E-state index contributed by atoms with van der Waals surface area (Å²) in [6, 6.07) is 14.1. The minimum atomic E-state index is -0.343. The molecule has 0 saturated heterocycles. The lowest BCUT2D eigenvalue weighted by Gasteiger charge is -2.27. The van der Waals surface area contributed by atoms with Gasteiger partial charge in [0.1, 0.15) is 11.6 Å². The van der Waals surface area contributed by atoms with Gasteiger partial charge in [0.15, 0.2) is 11.7 Å². The van der Waals surface area contributed by atoms with Gasteiger partial charge >= 0.3 is 0 Å². The number of benzene rings is 2. The Kier molecular flexibility index (Phi) is 7.19. The van der Waals surface area contributed by atoms with Crippen LogP contribution in [0.5, 0.6) is 5.75 Å². The third kappa shape index (κ3) is 5.76. The van der Waals surface area contributed by atoms with E-state index in [1.165, 1.54) is 46.7 Å². The molecule has 0 fully saturated rings. The molecule has 1 aliphatic rings. The molecule has 5 nitrogen and oxygen atoms in total. The standard InChI is InChI=1S/C21H20FN3O2S.ClH/c22-17-5-7-19(8-6-17)27-13-20(26)24-21-23-18(14-28-21)12-25-10-9-15-3-1-2-4-16(15)11-25;/h1-8,14H,9-13H2,(H,23,24,26);1H. The van der Waals surface area contributed by atoms with Crippen LogP contribution < -0.4 is 10.1 Å². The summed E-state index contributed by atoms with van der Waals surface area (Å²) in [6.07, 6.45) is 1.05. The van der Waals surface area contributed by atoms with Gasteiger partial charge < -0.3 is 4.74 Å². The van der Waals surface area contributed by atoms with E-state index < -0.39 is 0 Å². The predicted octanol–water partition coefficient (Wildman–Crippen LogP) is 4.28. The summed E-state index contributed by atoms with van der Waals surface area (Å²) in [5.41, 5.74) is 3.74. The fourth-order valence-corrected chi connectivity index (χ4v) is 3.91. The first kappa shape index (κ1) is 21.2. The van der Waals surface area contributed by atoms with Crippen molar-refractivity contribution in [3.8, 4) is 5.75 Å². The van der Waals surface area contributed by atoms with E-state index in [0.29, 0.717) is 10.9 Å². The zero-order valence-corrected chi connectivity index (χ0v) is 17.3. The molecule has 0 unspecified atom stereocenters. The van der Waals surface area contributed by atoms with Gasteiger partial charge in [-0.1, -0.05) is 24.3 Å². The first-order chi connectivity index (χ1) is 13.7. The minimum absolute atomic E-state index is 0. The molecule has 3 aromatic rings. The normalized spacial score (nSPS) is 13.3. The van der Waals surface area contributed by atoms with E-state index in [0.717, 1.165) is 31.7 Å². The maximum absolute atomic E-state index is 12.9. The molecular formula is C21H21ClFN3O2S. The van der Waals surface area contributed by atoms with E-state index in [4.69, 9.17) is 4.74 Å². The largest absolute Gasteiger partial charge is 0.484 e. The SMILES string of the molecule is Cl.O=C(COc1ccc(F)cc1)Nc1nc(CN2CCc3ccccc3C2)cs1. The lowest BCUT2D eigenvalue weighted by molar-refractivity contribution is -0.118. The van der Waals surface area contributed by atoms with E-state index >= 15 is 0 Å². The van der Waals surface area contributed by atoms with Gasteiger partial charge in [-0.3, -0.25) is 15.0 Å². The Morgan fingerprint density at radius 1 is 1.17 bits per heavy atom. The fraction of sp³-hybridized carbons (Fsp3) is 0.238. The number of fused-ring (bicyclic) bond motifs is 1. The van der Waals surface area contributed by atoms with Crippen molar-refractivity contribution in [2.75, 3.05) is 18.5 Å². The third-order valence-corrected chi connectivity index (χ3v) is 5.38. The van der Waals surface area contributed by atoms with E-state index in [1.807, 2.05) is 5.38 Å². The molecule has 2 heterocycles. The molecule has 1 aliphatic heterocycles. The van der Waals surface area contributed by atoms with Gasteiger partial charge in [0.05, 0.1) is 5.69 Å². The van der Waals surface area contributed by atoms with E-state index in [1.54, 1.807) is 0 Å². The van der Waals surface area contributed by atoms with Crippen LogP contribution in [0.3, 0.4) is 0 Å². The second-order valence-electron chi connectivity index (χ2n) is 6.66. The fourth-order valence-electron chi connectivity index (χ4n) is 3.19. The van der Waals surface area contributed by atoms with Crippen LogP contribution in [0.4, 0.5) is 9.52 Å². The van der Waals surface area contributed by atoms with Gasteiger partial charge in [-0.25, -0.2) is 9.37 Å². The summed E-state index contributed by atoms with van der Waals surface area (Å²) in [5, 5.41) is 5.27. The number of nitrogens with one attached hydrogen (secondary N) is 1. The molecule has 1 N–H and O–H groups in total. The minimum Gasteiger partial charge on any atom is -0.484 e. The summed E-state index contributed by atoms with van der Waals surface area (Å²) in [7, 11) is 0. The summed E-state index contributed by atoms with van der Waals surface area (Å²) in [4.78, 5) is 18.9. The first-order valence-corrected chi connectivity index (χ1v) is 9.95. The molecule has 0 atom stereocenters. The molecule has 1 aromatic heterocycles. The zero-order chi connectivity index (χ0) is 19.3. The maximum Gasteiger partial charge on any atom is 0.264 e. The highest BCUT2D eigenvalue weighted by Gasteiger charge is 2.17. The van der Waals surface area contributed by atoms with E-state index in [2.05, 4.69) is 39.5 Å². The van der Waals surface area contributed by atoms with Crippen LogP contribution in [0.25, 0.3) is 0 Å². The van der Waals surface area contributed by atoms with Crippen LogP contribution in [0.15, 0.2) is 53.9 Å². The predicted molar refractivity (Wildman–Crippen MR) is 114 cm³/mol. The summed E-state index contributed by atoms with van der Waals surface area (Å²) < 4.78 is 18.2. The number of halogens is 2. The van der Waals surface area contributed by atoms with Crippen LogP contribution in [0.2, 0.25) is 0 Å². The number of carbonyl (C=O) groups excluding carboxylic acids is 1. The Labute approximate surface area is 178 Å². The molecule has 0 spiro atoms. The molecule has 0 aliphatic carbocycles. The number of anilines is 1. The molecule has 29 heavy (non-hydrogen) atoms. The summed E-state index contributed by atoms with van der Waals surface area (Å²) in [5.74, 6) is -0.191. The van der Waals surface area contributed by atoms with Crippen LogP contribution >= 0.6 is 23.7 Å². The summed E-state index contributed by atoms with van der Waals surface area (Å²) >= 11 is 1.40. The van der Waals surface area contributed by atoms with Crippen molar-refractivity contribution in [3.63, 3.8) is 0 Å². The number of thiazole rings is 1. The van der Waals surface area contributed by atoms with Gasteiger partial charge in [-0.15, -0.1) is 23.7 Å². The summed E-state index contributed by atoms with van der Waals surface area (Å²) in [6.45, 7) is 2.53. The highest BCUT2D eigenvalue weighted by Crippen LogP contribution is 2.22. The van der Waals surface area contributed by atoms with Gasteiger partial charge in [0, 0.05) is 25.0 Å². The number of rotatable bonds is 6. The molecule has 0 radical (unpaired) electrons. The van der Waals surface area contributed by atoms with Crippen molar-refractivity contribution < 1.29 is 13.9 Å². The molecule has 8 heteroatoms. The number of nitrogens with zero attached hydrogens (tertiary/aromatic N) is 2. The number of amides is 1. The number of ether oxygens (including phenoxy) is 1. The topological polar surface area (TPSA) is 54.5 Å². The lowest BCUT2D eigenvalue weighted by atomic mass is 10.00. The van der Waals surface area contributed by atoms with E-state index in [-0.39, 0.29) is 30.7 Å². The molecule has 1 amide bonds. The van der Waals surface area contributed by atoms with Crippen LogP contribution in [0, 0.1) is 5.82 Å². The van der Waals surface area contributed by atoms with Gasteiger partial charge in [0.25, 0.3) is 5.91 Å². The average Bonchev–Trinajstić information content (AvgIpc) is 3.14. The average molecular weight is 434 g/mol. The maximum atomic E-state index is 12.9. The number of hydrogen-bond donors (Lipinski definition) is 1. The number of aromatic nitrogens is 1. The number of carbonyl (C=O) groups is 1. The molecule has 152 valence electrons. The molecule has 2 aromatic carbocycles. The van der Waals surface area contributed by atoms with Crippen LogP contribution in [-0.2, 0) is 24.3 Å². The Bertz CT molecular complexity index is 965.